The highest BCUT2D eigenvalue weighted by molar-refractivity contribution is 7.10. The van der Waals surface area contributed by atoms with Crippen LogP contribution in [0.4, 0.5) is 0 Å². The third-order valence-corrected chi connectivity index (χ3v) is 4.14. The summed E-state index contributed by atoms with van der Waals surface area (Å²) in [4.78, 5) is 14.6. The number of thiophene rings is 1. The molecule has 0 radical (unpaired) electrons. The zero-order valence-corrected chi connectivity index (χ0v) is 11.4. The zero-order valence-electron chi connectivity index (χ0n) is 10.5. The number of nitrogens with two attached hydrogens (primary N) is 1. The first-order valence-electron chi connectivity index (χ1n) is 6.50. The smallest absolute Gasteiger partial charge is 0.231 e. The van der Waals surface area contributed by atoms with E-state index in [4.69, 9.17) is 5.73 Å². The van der Waals surface area contributed by atoms with Gasteiger partial charge in [-0.1, -0.05) is 25.0 Å². The standard InChI is InChI=1S/C14H20N2OS/c15-14(17)11-16-9-3-1-2-5-12(16)7-8-13-6-4-10-18-13/h4,6-8,10,12H,1-3,5,9,11H2,(H2,15,17)/b8-7+/t12-/m1/s1. The largest absolute Gasteiger partial charge is 0.369 e. The Hall–Kier alpha value is -1.13. The van der Waals surface area contributed by atoms with Crippen molar-refractivity contribution in [2.45, 2.75) is 31.7 Å². The van der Waals surface area contributed by atoms with Gasteiger partial charge in [0, 0.05) is 10.9 Å². The summed E-state index contributed by atoms with van der Waals surface area (Å²) in [5, 5.41) is 2.08. The van der Waals surface area contributed by atoms with E-state index in [0.29, 0.717) is 12.6 Å². The van der Waals surface area contributed by atoms with Crippen molar-refractivity contribution < 1.29 is 4.79 Å². The minimum Gasteiger partial charge on any atom is -0.369 e. The Morgan fingerprint density at radius 2 is 2.39 bits per heavy atom. The Bertz CT molecular complexity index is 400. The van der Waals surface area contributed by atoms with Gasteiger partial charge < -0.3 is 5.73 Å². The first-order valence-corrected chi connectivity index (χ1v) is 7.38. The number of amides is 1. The van der Waals surface area contributed by atoms with Crippen LogP contribution in [0.1, 0.15) is 30.6 Å². The Morgan fingerprint density at radius 3 is 3.11 bits per heavy atom. The van der Waals surface area contributed by atoms with Crippen molar-refractivity contribution in [2.75, 3.05) is 13.1 Å². The highest BCUT2D eigenvalue weighted by Crippen LogP contribution is 2.19. The van der Waals surface area contributed by atoms with E-state index < -0.39 is 0 Å². The number of carbonyl (C=O) groups excluding carboxylic acids is 1. The van der Waals surface area contributed by atoms with E-state index in [1.54, 1.807) is 11.3 Å². The molecule has 1 aliphatic rings. The maximum atomic E-state index is 11.1. The molecule has 0 aliphatic carbocycles. The molecule has 4 heteroatoms. The molecule has 1 aromatic heterocycles. The minimum absolute atomic E-state index is 0.230. The quantitative estimate of drug-likeness (QED) is 0.908. The van der Waals surface area contributed by atoms with Crippen LogP contribution in [-0.2, 0) is 4.79 Å². The molecule has 2 N–H and O–H groups in total. The maximum Gasteiger partial charge on any atom is 0.231 e. The Morgan fingerprint density at radius 1 is 1.50 bits per heavy atom. The summed E-state index contributed by atoms with van der Waals surface area (Å²) in [5.74, 6) is -0.230. The summed E-state index contributed by atoms with van der Waals surface area (Å²) in [5.41, 5.74) is 5.32. The normalized spacial score (nSPS) is 22.1. The first-order chi connectivity index (χ1) is 8.75. The zero-order chi connectivity index (χ0) is 12.8. The number of likely N-dealkylation sites (tertiary alicyclic amines) is 1. The average molecular weight is 264 g/mol. The number of rotatable bonds is 4. The molecular formula is C14H20N2OS. The van der Waals surface area contributed by atoms with Crippen molar-refractivity contribution >= 4 is 23.3 Å². The van der Waals surface area contributed by atoms with Crippen molar-refractivity contribution in [1.29, 1.82) is 0 Å². The summed E-state index contributed by atoms with van der Waals surface area (Å²) in [7, 11) is 0. The SMILES string of the molecule is NC(=O)CN1CCCCC[C@@H]1/C=C/c1cccs1. The van der Waals surface area contributed by atoms with Crippen LogP contribution in [0.25, 0.3) is 6.08 Å². The summed E-state index contributed by atoms with van der Waals surface area (Å²) in [6.45, 7) is 1.35. The van der Waals surface area contributed by atoms with Gasteiger partial charge in [-0.25, -0.2) is 0 Å². The van der Waals surface area contributed by atoms with Gasteiger partial charge in [-0.2, -0.15) is 0 Å². The van der Waals surface area contributed by atoms with Crippen LogP contribution in [0.3, 0.4) is 0 Å². The van der Waals surface area contributed by atoms with E-state index in [2.05, 4.69) is 34.6 Å². The van der Waals surface area contributed by atoms with E-state index >= 15 is 0 Å². The van der Waals surface area contributed by atoms with Gasteiger partial charge in [0.2, 0.25) is 5.91 Å². The van der Waals surface area contributed by atoms with Crippen molar-refractivity contribution in [3.63, 3.8) is 0 Å². The molecular weight excluding hydrogens is 244 g/mol. The lowest BCUT2D eigenvalue weighted by Crippen LogP contribution is -2.40. The number of hydrogen-bond acceptors (Lipinski definition) is 3. The van der Waals surface area contributed by atoms with E-state index in [-0.39, 0.29) is 5.91 Å². The fraction of sp³-hybridized carbons (Fsp3) is 0.500. The topological polar surface area (TPSA) is 46.3 Å². The predicted molar refractivity (Wildman–Crippen MR) is 76.4 cm³/mol. The Balaban J connectivity index is 2.03. The molecule has 3 nitrogen and oxygen atoms in total. The lowest BCUT2D eigenvalue weighted by Gasteiger charge is -2.26. The predicted octanol–water partition coefficient (Wildman–Crippen LogP) is 2.49. The van der Waals surface area contributed by atoms with Crippen LogP contribution >= 0.6 is 11.3 Å². The van der Waals surface area contributed by atoms with Gasteiger partial charge in [0.05, 0.1) is 6.54 Å². The molecule has 1 saturated heterocycles. The van der Waals surface area contributed by atoms with Crippen molar-refractivity contribution in [2.24, 2.45) is 5.73 Å². The molecule has 1 amide bonds. The van der Waals surface area contributed by atoms with Gasteiger partial charge in [-0.05, 0) is 36.9 Å². The van der Waals surface area contributed by atoms with Crippen molar-refractivity contribution in [3.8, 4) is 0 Å². The second-order valence-corrected chi connectivity index (χ2v) is 5.71. The van der Waals surface area contributed by atoms with Crippen molar-refractivity contribution in [3.05, 3.63) is 28.5 Å². The van der Waals surface area contributed by atoms with Crippen LogP contribution in [0.15, 0.2) is 23.6 Å². The first kappa shape index (κ1) is 13.3. The lowest BCUT2D eigenvalue weighted by atomic mass is 10.1. The minimum atomic E-state index is -0.230. The third-order valence-electron chi connectivity index (χ3n) is 3.30. The number of primary amides is 1. The fourth-order valence-corrected chi connectivity index (χ4v) is 3.03. The van der Waals surface area contributed by atoms with Crippen LogP contribution in [0, 0.1) is 0 Å². The van der Waals surface area contributed by atoms with Gasteiger partial charge in [-0.15, -0.1) is 11.3 Å². The van der Waals surface area contributed by atoms with Crippen molar-refractivity contribution in [1.82, 2.24) is 4.90 Å². The van der Waals surface area contributed by atoms with Gasteiger partial charge in [0.1, 0.15) is 0 Å². The number of carbonyl (C=O) groups is 1. The molecule has 98 valence electrons. The molecule has 0 aromatic carbocycles. The van der Waals surface area contributed by atoms with E-state index in [9.17, 15) is 4.79 Å². The molecule has 2 rings (SSSR count). The summed E-state index contributed by atoms with van der Waals surface area (Å²) >= 11 is 1.73. The van der Waals surface area contributed by atoms with E-state index in [0.717, 1.165) is 19.4 Å². The average Bonchev–Trinajstić information content (AvgIpc) is 2.75. The van der Waals surface area contributed by atoms with Gasteiger partial charge in [0.15, 0.2) is 0 Å². The Kier molecular flexibility index (Phi) is 4.96. The number of hydrogen-bond donors (Lipinski definition) is 1. The van der Waals surface area contributed by atoms with Gasteiger partial charge >= 0.3 is 0 Å². The second-order valence-electron chi connectivity index (χ2n) is 4.73. The molecule has 0 bridgehead atoms. The van der Waals surface area contributed by atoms with Crippen LogP contribution in [0.2, 0.25) is 0 Å². The molecule has 1 aromatic rings. The molecule has 0 spiro atoms. The third kappa shape index (κ3) is 3.96. The van der Waals surface area contributed by atoms with Crippen LogP contribution in [-0.4, -0.2) is 29.9 Å². The van der Waals surface area contributed by atoms with E-state index in [1.165, 1.54) is 17.7 Å². The maximum absolute atomic E-state index is 11.1. The molecule has 1 fully saturated rings. The molecule has 18 heavy (non-hydrogen) atoms. The van der Waals surface area contributed by atoms with Crippen LogP contribution in [0.5, 0.6) is 0 Å². The summed E-state index contributed by atoms with van der Waals surface area (Å²) in [6, 6.07) is 4.51. The fourth-order valence-electron chi connectivity index (χ4n) is 2.40. The Labute approximate surface area is 112 Å². The number of nitrogens with zero attached hydrogens (tertiary/aromatic N) is 1. The van der Waals surface area contributed by atoms with Gasteiger partial charge in [0.25, 0.3) is 0 Å². The molecule has 1 atom stereocenters. The lowest BCUT2D eigenvalue weighted by molar-refractivity contribution is -0.119. The summed E-state index contributed by atoms with van der Waals surface area (Å²) in [6.07, 6.45) is 9.15. The monoisotopic (exact) mass is 264 g/mol. The molecule has 2 heterocycles. The van der Waals surface area contributed by atoms with E-state index in [1.807, 2.05) is 0 Å². The molecule has 0 saturated carbocycles. The van der Waals surface area contributed by atoms with Crippen LogP contribution < -0.4 is 5.73 Å². The van der Waals surface area contributed by atoms with Gasteiger partial charge in [-0.3, -0.25) is 9.69 Å². The highest BCUT2D eigenvalue weighted by Gasteiger charge is 2.19. The molecule has 0 unspecified atom stereocenters. The molecule has 1 aliphatic heterocycles. The summed E-state index contributed by atoms with van der Waals surface area (Å²) < 4.78 is 0. The highest BCUT2D eigenvalue weighted by atomic mass is 32.1. The second kappa shape index (κ2) is 6.71.